The van der Waals surface area contributed by atoms with Crippen LogP contribution < -0.4 is 10.6 Å². The molecule has 6 heteroatoms. The fourth-order valence-electron chi connectivity index (χ4n) is 1.88. The Morgan fingerprint density at radius 1 is 1.18 bits per heavy atom. The van der Waals surface area contributed by atoms with Gasteiger partial charge in [0.1, 0.15) is 5.82 Å². The Kier molecular flexibility index (Phi) is 5.28. The van der Waals surface area contributed by atoms with Gasteiger partial charge in [-0.25, -0.2) is 4.98 Å². The number of likely N-dealkylation sites (N-methyl/N-ethyl adjacent to an activating group) is 1. The van der Waals surface area contributed by atoms with Crippen molar-refractivity contribution in [2.45, 2.75) is 6.92 Å². The SMILES string of the molecule is Cc1cc(NCCN(C)C)nc(Nc2ccc(C#N)cc2)n1. The van der Waals surface area contributed by atoms with Crippen molar-refractivity contribution in [2.24, 2.45) is 0 Å². The summed E-state index contributed by atoms with van der Waals surface area (Å²) in [5, 5.41) is 15.2. The van der Waals surface area contributed by atoms with Crippen LogP contribution in [0.4, 0.5) is 17.5 Å². The van der Waals surface area contributed by atoms with E-state index in [2.05, 4.69) is 31.6 Å². The van der Waals surface area contributed by atoms with Gasteiger partial charge < -0.3 is 15.5 Å². The Balaban J connectivity index is 2.06. The lowest BCUT2D eigenvalue weighted by molar-refractivity contribution is 0.425. The lowest BCUT2D eigenvalue weighted by Gasteiger charge is -2.12. The van der Waals surface area contributed by atoms with Crippen molar-refractivity contribution < 1.29 is 0 Å². The van der Waals surface area contributed by atoms with Crippen molar-refractivity contribution in [3.05, 3.63) is 41.6 Å². The predicted molar refractivity (Wildman–Crippen MR) is 88.3 cm³/mol. The Morgan fingerprint density at radius 2 is 1.91 bits per heavy atom. The van der Waals surface area contributed by atoms with Crippen LogP contribution in [0.3, 0.4) is 0 Å². The van der Waals surface area contributed by atoms with Gasteiger partial charge in [0.2, 0.25) is 5.95 Å². The van der Waals surface area contributed by atoms with Crippen LogP contribution in [-0.4, -0.2) is 42.1 Å². The molecule has 1 aromatic heterocycles. The average Bonchev–Trinajstić information content (AvgIpc) is 2.47. The Morgan fingerprint density at radius 3 is 2.55 bits per heavy atom. The third kappa shape index (κ3) is 4.72. The third-order valence-electron chi connectivity index (χ3n) is 2.99. The van der Waals surface area contributed by atoms with Gasteiger partial charge >= 0.3 is 0 Å². The highest BCUT2D eigenvalue weighted by Gasteiger charge is 2.03. The molecule has 0 spiro atoms. The van der Waals surface area contributed by atoms with Crippen LogP contribution in [-0.2, 0) is 0 Å². The standard InChI is InChI=1S/C16H20N6/c1-12-10-15(18-8-9-22(2)3)21-16(19-12)20-14-6-4-13(11-17)5-7-14/h4-7,10H,8-9H2,1-3H3,(H2,18,19,20,21). The third-order valence-corrected chi connectivity index (χ3v) is 2.99. The molecule has 0 amide bonds. The molecule has 1 heterocycles. The van der Waals surface area contributed by atoms with Gasteiger partial charge in [-0.3, -0.25) is 0 Å². The molecule has 0 aliphatic carbocycles. The second-order valence-electron chi connectivity index (χ2n) is 5.26. The first-order valence-electron chi connectivity index (χ1n) is 7.08. The molecular formula is C16H20N6. The van der Waals surface area contributed by atoms with Crippen molar-refractivity contribution in [3.8, 4) is 6.07 Å². The van der Waals surface area contributed by atoms with E-state index in [-0.39, 0.29) is 0 Å². The molecular weight excluding hydrogens is 276 g/mol. The predicted octanol–water partition coefficient (Wildman–Crippen LogP) is 2.37. The highest BCUT2D eigenvalue weighted by Crippen LogP contribution is 2.16. The van der Waals surface area contributed by atoms with E-state index in [4.69, 9.17) is 5.26 Å². The van der Waals surface area contributed by atoms with Crippen LogP contribution in [0.15, 0.2) is 30.3 Å². The van der Waals surface area contributed by atoms with E-state index in [1.165, 1.54) is 0 Å². The Bertz CT molecular complexity index is 657. The van der Waals surface area contributed by atoms with E-state index < -0.39 is 0 Å². The van der Waals surface area contributed by atoms with Gasteiger partial charge in [-0.2, -0.15) is 10.2 Å². The molecule has 0 radical (unpaired) electrons. The lowest BCUT2D eigenvalue weighted by atomic mass is 10.2. The summed E-state index contributed by atoms with van der Waals surface area (Å²) in [6.45, 7) is 3.68. The van der Waals surface area contributed by atoms with Crippen molar-refractivity contribution in [2.75, 3.05) is 37.8 Å². The van der Waals surface area contributed by atoms with Crippen molar-refractivity contribution >= 4 is 17.5 Å². The molecule has 0 aliphatic heterocycles. The van der Waals surface area contributed by atoms with E-state index in [1.807, 2.05) is 39.2 Å². The summed E-state index contributed by atoms with van der Waals surface area (Å²) in [6, 6.07) is 11.2. The molecule has 2 rings (SSSR count). The molecule has 0 atom stereocenters. The fraction of sp³-hybridized carbons (Fsp3) is 0.312. The number of benzene rings is 1. The molecule has 2 N–H and O–H groups in total. The normalized spacial score (nSPS) is 10.3. The lowest BCUT2D eigenvalue weighted by Crippen LogP contribution is -2.21. The first kappa shape index (κ1) is 15.7. The van der Waals surface area contributed by atoms with Gasteiger partial charge in [-0.15, -0.1) is 0 Å². The van der Waals surface area contributed by atoms with Gasteiger partial charge in [-0.05, 0) is 45.3 Å². The largest absolute Gasteiger partial charge is 0.369 e. The molecule has 1 aromatic carbocycles. The summed E-state index contributed by atoms with van der Waals surface area (Å²) in [4.78, 5) is 10.9. The minimum atomic E-state index is 0.539. The monoisotopic (exact) mass is 296 g/mol. The average molecular weight is 296 g/mol. The molecule has 0 saturated carbocycles. The number of anilines is 3. The topological polar surface area (TPSA) is 76.9 Å². The second kappa shape index (κ2) is 7.38. The van der Waals surface area contributed by atoms with Crippen molar-refractivity contribution in [3.63, 3.8) is 0 Å². The fourth-order valence-corrected chi connectivity index (χ4v) is 1.88. The van der Waals surface area contributed by atoms with Crippen molar-refractivity contribution in [1.29, 1.82) is 5.26 Å². The van der Waals surface area contributed by atoms with Crippen LogP contribution in [0, 0.1) is 18.3 Å². The number of nitrogens with zero attached hydrogens (tertiary/aromatic N) is 4. The van der Waals surface area contributed by atoms with Crippen molar-refractivity contribution in [1.82, 2.24) is 14.9 Å². The zero-order valence-electron chi connectivity index (χ0n) is 13.1. The molecule has 0 unspecified atom stereocenters. The van der Waals surface area contributed by atoms with Gasteiger partial charge in [0.25, 0.3) is 0 Å². The quantitative estimate of drug-likeness (QED) is 0.852. The number of hydrogen-bond acceptors (Lipinski definition) is 6. The molecule has 0 bridgehead atoms. The van der Waals surface area contributed by atoms with E-state index in [9.17, 15) is 0 Å². The molecule has 0 aliphatic rings. The maximum Gasteiger partial charge on any atom is 0.229 e. The smallest absolute Gasteiger partial charge is 0.229 e. The van der Waals surface area contributed by atoms with Gasteiger partial charge in [-0.1, -0.05) is 0 Å². The number of rotatable bonds is 6. The van der Waals surface area contributed by atoms with Gasteiger partial charge in [0.05, 0.1) is 11.6 Å². The zero-order valence-corrected chi connectivity index (χ0v) is 13.1. The number of hydrogen-bond donors (Lipinski definition) is 2. The minimum absolute atomic E-state index is 0.539. The van der Waals surface area contributed by atoms with Gasteiger partial charge in [0.15, 0.2) is 0 Å². The summed E-state index contributed by atoms with van der Waals surface area (Å²) in [7, 11) is 4.07. The molecule has 22 heavy (non-hydrogen) atoms. The summed E-state index contributed by atoms with van der Waals surface area (Å²) >= 11 is 0. The zero-order chi connectivity index (χ0) is 15.9. The van der Waals surface area contributed by atoms with E-state index >= 15 is 0 Å². The van der Waals surface area contributed by atoms with Crippen LogP contribution in [0.25, 0.3) is 0 Å². The maximum atomic E-state index is 8.81. The van der Waals surface area contributed by atoms with Crippen LogP contribution in [0.2, 0.25) is 0 Å². The second-order valence-corrected chi connectivity index (χ2v) is 5.26. The Hall–Kier alpha value is -2.65. The highest BCUT2D eigenvalue weighted by molar-refractivity contribution is 5.56. The number of nitriles is 1. The number of nitrogens with one attached hydrogen (secondary N) is 2. The minimum Gasteiger partial charge on any atom is -0.369 e. The molecule has 6 nitrogen and oxygen atoms in total. The number of aryl methyl sites for hydroxylation is 1. The molecule has 0 saturated heterocycles. The molecule has 114 valence electrons. The van der Waals surface area contributed by atoms with E-state index in [0.717, 1.165) is 30.3 Å². The van der Waals surface area contributed by atoms with Crippen LogP contribution in [0.5, 0.6) is 0 Å². The summed E-state index contributed by atoms with van der Waals surface area (Å²) in [6.07, 6.45) is 0. The Labute approximate surface area is 130 Å². The van der Waals surface area contributed by atoms with Crippen LogP contribution >= 0.6 is 0 Å². The van der Waals surface area contributed by atoms with E-state index in [1.54, 1.807) is 12.1 Å². The highest BCUT2D eigenvalue weighted by atomic mass is 15.2. The summed E-state index contributed by atoms with van der Waals surface area (Å²) in [5.74, 6) is 1.34. The molecule has 0 fully saturated rings. The molecule has 2 aromatic rings. The maximum absolute atomic E-state index is 8.81. The summed E-state index contributed by atoms with van der Waals surface area (Å²) < 4.78 is 0. The first-order chi connectivity index (χ1) is 10.6. The summed E-state index contributed by atoms with van der Waals surface area (Å²) in [5.41, 5.74) is 2.36. The van der Waals surface area contributed by atoms with Gasteiger partial charge in [0, 0.05) is 30.5 Å². The number of aromatic nitrogens is 2. The van der Waals surface area contributed by atoms with Crippen LogP contribution in [0.1, 0.15) is 11.3 Å². The first-order valence-corrected chi connectivity index (χ1v) is 7.08. The van der Waals surface area contributed by atoms with E-state index in [0.29, 0.717) is 11.5 Å².